The Morgan fingerprint density at radius 2 is 1.71 bits per heavy atom. The van der Waals surface area contributed by atoms with Gasteiger partial charge in [0, 0.05) is 11.5 Å². The van der Waals surface area contributed by atoms with Crippen molar-refractivity contribution in [3.05, 3.63) is 58.1 Å². The first kappa shape index (κ1) is 18.8. The van der Waals surface area contributed by atoms with Crippen LogP contribution < -0.4 is 0 Å². The van der Waals surface area contributed by atoms with Crippen molar-refractivity contribution in [2.24, 2.45) is 0 Å². The van der Waals surface area contributed by atoms with Gasteiger partial charge in [-0.1, -0.05) is 34.1 Å². The Hall–Kier alpha value is -1.58. The molecule has 0 saturated carbocycles. The van der Waals surface area contributed by atoms with E-state index in [1.54, 1.807) is 6.07 Å². The van der Waals surface area contributed by atoms with E-state index in [9.17, 15) is 26.7 Å². The van der Waals surface area contributed by atoms with Crippen LogP contribution in [-0.2, 0) is 16.4 Å². The zero-order valence-electron chi connectivity index (χ0n) is 12.4. The van der Waals surface area contributed by atoms with Crippen LogP contribution >= 0.6 is 15.9 Å². The molecule has 1 N–H and O–H groups in total. The Kier molecular flexibility index (Phi) is 5.26. The van der Waals surface area contributed by atoms with Crippen molar-refractivity contribution in [1.82, 2.24) is 4.31 Å². The molecule has 130 valence electrons. The van der Waals surface area contributed by atoms with Crippen molar-refractivity contribution < 1.29 is 26.7 Å². The minimum atomic E-state index is -4.98. The quantitative estimate of drug-likeness (QED) is 0.758. The van der Waals surface area contributed by atoms with E-state index in [0.29, 0.717) is 17.9 Å². The molecule has 0 aromatic heterocycles. The molecule has 2 aromatic rings. The first-order chi connectivity index (χ1) is 11.0. The third-order valence-electron chi connectivity index (χ3n) is 3.37. The largest absolute Gasteiger partial charge is 0.508 e. The third-order valence-corrected chi connectivity index (χ3v) is 5.90. The number of phenols is 1. The Bertz CT molecular complexity index is 836. The highest BCUT2D eigenvalue weighted by molar-refractivity contribution is 9.10. The molecular formula is C15H13BrF3NO3S. The Morgan fingerprint density at radius 1 is 1.12 bits per heavy atom. The summed E-state index contributed by atoms with van der Waals surface area (Å²) in [6.45, 7) is 0. The van der Waals surface area contributed by atoms with Gasteiger partial charge in [0.05, 0.1) is 4.90 Å². The van der Waals surface area contributed by atoms with E-state index in [0.717, 1.165) is 23.3 Å². The van der Waals surface area contributed by atoms with Crippen LogP contribution in [0.25, 0.3) is 0 Å². The van der Waals surface area contributed by atoms with Gasteiger partial charge in [0.1, 0.15) is 5.75 Å². The van der Waals surface area contributed by atoms with Gasteiger partial charge in [-0.25, -0.2) is 8.42 Å². The topological polar surface area (TPSA) is 57.6 Å². The zero-order chi connectivity index (χ0) is 18.1. The second-order valence-corrected chi connectivity index (χ2v) is 7.86. The van der Waals surface area contributed by atoms with Gasteiger partial charge in [-0.3, -0.25) is 0 Å². The van der Waals surface area contributed by atoms with Crippen LogP contribution in [0.4, 0.5) is 13.2 Å². The lowest BCUT2D eigenvalue weighted by molar-refractivity contribution is -0.202. The summed E-state index contributed by atoms with van der Waals surface area (Å²) in [6, 6.07) is 9.92. The van der Waals surface area contributed by atoms with Crippen LogP contribution in [0.3, 0.4) is 0 Å². The Balaban J connectivity index is 2.25. The second-order valence-electron chi connectivity index (χ2n) is 5.04. The number of benzene rings is 2. The zero-order valence-corrected chi connectivity index (χ0v) is 14.8. The lowest BCUT2D eigenvalue weighted by Crippen LogP contribution is -2.39. The summed E-state index contributed by atoms with van der Waals surface area (Å²) < 4.78 is 61.7. The van der Waals surface area contributed by atoms with E-state index in [2.05, 4.69) is 15.9 Å². The molecule has 9 heteroatoms. The molecule has 0 spiro atoms. The van der Waals surface area contributed by atoms with Crippen molar-refractivity contribution in [2.75, 3.05) is 7.05 Å². The summed E-state index contributed by atoms with van der Waals surface area (Å²) >= 11 is 3.30. The maximum Gasteiger partial charge on any atom is 0.473 e. The highest BCUT2D eigenvalue weighted by Crippen LogP contribution is 2.28. The van der Waals surface area contributed by atoms with Crippen molar-refractivity contribution in [3.8, 4) is 5.75 Å². The molecule has 0 saturated heterocycles. The maximum absolute atomic E-state index is 12.6. The molecule has 0 heterocycles. The Morgan fingerprint density at radius 3 is 2.21 bits per heavy atom. The molecule has 0 aliphatic rings. The van der Waals surface area contributed by atoms with Crippen molar-refractivity contribution >= 4 is 26.0 Å². The van der Waals surface area contributed by atoms with Crippen molar-refractivity contribution in [3.63, 3.8) is 0 Å². The number of alkyl halides is 3. The van der Waals surface area contributed by atoms with Crippen LogP contribution in [0.2, 0.25) is 0 Å². The summed E-state index contributed by atoms with van der Waals surface area (Å²) in [6.07, 6.45) is -4.55. The number of rotatable bonds is 4. The lowest BCUT2D eigenvalue weighted by Gasteiger charge is -2.19. The van der Waals surface area contributed by atoms with E-state index in [-0.39, 0.29) is 5.75 Å². The highest BCUT2D eigenvalue weighted by Gasteiger charge is 2.43. The minimum absolute atomic E-state index is 0.0993. The van der Waals surface area contributed by atoms with Crippen molar-refractivity contribution in [1.29, 1.82) is 0 Å². The summed E-state index contributed by atoms with van der Waals surface area (Å²) in [4.78, 5) is -0.434. The number of hydrogen-bond donors (Lipinski definition) is 1. The lowest BCUT2D eigenvalue weighted by atomic mass is 10.1. The summed E-state index contributed by atoms with van der Waals surface area (Å²) in [7, 11) is -4.17. The van der Waals surface area contributed by atoms with Crippen LogP contribution in [0.15, 0.2) is 51.8 Å². The molecule has 0 bridgehead atoms. The first-order valence-electron chi connectivity index (χ1n) is 6.64. The van der Waals surface area contributed by atoms with Crippen molar-refractivity contribution in [2.45, 2.75) is 17.6 Å². The fourth-order valence-electron chi connectivity index (χ4n) is 1.97. The Labute approximate surface area is 145 Å². The molecule has 2 rings (SSSR count). The number of hydrogen-bond acceptors (Lipinski definition) is 3. The first-order valence-corrected chi connectivity index (χ1v) is 8.87. The molecule has 4 nitrogen and oxygen atoms in total. The van der Waals surface area contributed by atoms with Gasteiger partial charge >= 0.3 is 6.30 Å². The average molecular weight is 424 g/mol. The SMILES string of the molecule is CN(C(F)(F)F)S(=O)(=O)c1ccc(Cc2ccc(O)cc2Br)cc1. The fraction of sp³-hybridized carbons (Fsp3) is 0.200. The van der Waals surface area contributed by atoms with E-state index in [4.69, 9.17) is 0 Å². The number of phenolic OH excluding ortho intramolecular Hbond substituents is 1. The summed E-state index contributed by atoms with van der Waals surface area (Å²) in [5, 5.41) is 9.35. The van der Waals surface area contributed by atoms with E-state index in [1.165, 1.54) is 24.3 Å². The fourth-order valence-corrected chi connectivity index (χ4v) is 3.55. The van der Waals surface area contributed by atoms with E-state index in [1.807, 2.05) is 0 Å². The normalized spacial score (nSPS) is 12.6. The summed E-state index contributed by atoms with van der Waals surface area (Å²) in [5.41, 5.74) is 1.56. The number of aromatic hydroxyl groups is 1. The highest BCUT2D eigenvalue weighted by atomic mass is 79.9. The van der Waals surface area contributed by atoms with Gasteiger partial charge in [-0.2, -0.15) is 13.2 Å². The predicted octanol–water partition coefficient (Wildman–Crippen LogP) is 3.89. The molecule has 24 heavy (non-hydrogen) atoms. The molecule has 2 aromatic carbocycles. The second kappa shape index (κ2) is 6.73. The van der Waals surface area contributed by atoms with E-state index < -0.39 is 25.5 Å². The van der Waals surface area contributed by atoms with E-state index >= 15 is 0 Å². The number of halogens is 4. The molecule has 0 atom stereocenters. The number of nitrogens with zero attached hydrogens (tertiary/aromatic N) is 1. The van der Waals surface area contributed by atoms with Gasteiger partial charge in [-0.05, 0) is 41.8 Å². The van der Waals surface area contributed by atoms with Gasteiger partial charge < -0.3 is 5.11 Å². The molecule has 0 aliphatic heterocycles. The third kappa shape index (κ3) is 4.08. The van der Waals surface area contributed by atoms with Gasteiger partial charge in [0.25, 0.3) is 0 Å². The van der Waals surface area contributed by atoms with Gasteiger partial charge in [0.15, 0.2) is 0 Å². The van der Waals surface area contributed by atoms with Gasteiger partial charge in [0.2, 0.25) is 10.0 Å². The monoisotopic (exact) mass is 423 g/mol. The standard InChI is InChI=1S/C15H13BrF3NO3S/c1-20(15(17,18)19)24(22,23)13-6-2-10(3-7-13)8-11-4-5-12(21)9-14(11)16/h2-7,9,21H,8H2,1H3. The molecule has 0 radical (unpaired) electrons. The van der Waals surface area contributed by atoms with Crippen LogP contribution in [-0.4, -0.2) is 31.2 Å². The predicted molar refractivity (Wildman–Crippen MR) is 86.1 cm³/mol. The molecule has 0 unspecified atom stereocenters. The molecule has 0 fully saturated rings. The molecule has 0 amide bonds. The van der Waals surface area contributed by atoms with Crippen LogP contribution in [0.5, 0.6) is 5.75 Å². The van der Waals surface area contributed by atoms with Crippen LogP contribution in [0.1, 0.15) is 11.1 Å². The molecule has 0 aliphatic carbocycles. The average Bonchev–Trinajstić information content (AvgIpc) is 2.49. The minimum Gasteiger partial charge on any atom is -0.508 e. The smallest absolute Gasteiger partial charge is 0.473 e. The molecular weight excluding hydrogens is 411 g/mol. The maximum atomic E-state index is 12.6. The van der Waals surface area contributed by atoms with Gasteiger partial charge in [-0.15, -0.1) is 4.31 Å². The summed E-state index contributed by atoms with van der Waals surface area (Å²) in [5.74, 6) is 0.0993. The van der Waals surface area contributed by atoms with Crippen LogP contribution in [0, 0.1) is 0 Å². The number of sulfonamides is 1.